The summed E-state index contributed by atoms with van der Waals surface area (Å²) in [6.45, 7) is 3.30. The topological polar surface area (TPSA) is 97.2 Å². The molecular weight excluding hydrogens is 342 g/mol. The first-order valence-electron chi connectivity index (χ1n) is 8.10. The average molecular weight is 365 g/mol. The van der Waals surface area contributed by atoms with E-state index in [2.05, 4.69) is 15.3 Å². The van der Waals surface area contributed by atoms with E-state index in [9.17, 15) is 9.59 Å². The van der Waals surface area contributed by atoms with Crippen LogP contribution >= 0.6 is 11.8 Å². The number of H-pyrrole nitrogens is 1. The molecule has 0 saturated carbocycles. The van der Waals surface area contributed by atoms with Gasteiger partial charge in [0.1, 0.15) is 12.4 Å². The number of carbonyl (C=O) groups excluding carboxylic acids is 1. The molecule has 2 heterocycles. The molecule has 7 nitrogen and oxygen atoms in total. The number of rotatable bonds is 10. The molecule has 0 radical (unpaired) electrons. The fraction of sp³-hybridized carbons (Fsp3) is 0.471. The van der Waals surface area contributed by atoms with E-state index in [1.807, 2.05) is 18.4 Å². The molecule has 8 heteroatoms. The van der Waals surface area contributed by atoms with Gasteiger partial charge >= 0.3 is 0 Å². The normalized spacial score (nSPS) is 10.8. The van der Waals surface area contributed by atoms with E-state index in [-0.39, 0.29) is 17.9 Å². The van der Waals surface area contributed by atoms with Gasteiger partial charge in [-0.05, 0) is 38.2 Å². The highest BCUT2D eigenvalue weighted by atomic mass is 32.2. The molecule has 0 bridgehead atoms. The minimum absolute atomic E-state index is 0.0845. The number of aryl methyl sites for hydroxylation is 1. The lowest BCUT2D eigenvalue weighted by atomic mass is 10.1. The first-order chi connectivity index (χ1) is 12.1. The Labute approximate surface area is 150 Å². The van der Waals surface area contributed by atoms with Gasteiger partial charge in [-0.1, -0.05) is 11.8 Å². The van der Waals surface area contributed by atoms with Crippen LogP contribution in [0.4, 0.5) is 0 Å². The predicted molar refractivity (Wildman–Crippen MR) is 95.7 cm³/mol. The maximum atomic E-state index is 12.0. The van der Waals surface area contributed by atoms with Crippen LogP contribution in [0.25, 0.3) is 0 Å². The van der Waals surface area contributed by atoms with Gasteiger partial charge in [0.25, 0.3) is 5.56 Å². The molecule has 0 saturated heterocycles. The zero-order chi connectivity index (χ0) is 18.1. The standard InChI is InChI=1S/C17H23N3O4S/c1-12-14(16(22)20-17(19-12)25-2)6-7-15(21)18-8-4-9-23-11-13-5-3-10-24-13/h3,5,10H,4,6-9,11H2,1-2H3,(H,18,21)(H,19,20,22). The number of aromatic amines is 1. The third-order valence-electron chi connectivity index (χ3n) is 3.61. The second kappa shape index (κ2) is 10.0. The fourth-order valence-electron chi connectivity index (χ4n) is 2.27. The lowest BCUT2D eigenvalue weighted by Gasteiger charge is -2.07. The number of hydrogen-bond acceptors (Lipinski definition) is 6. The van der Waals surface area contributed by atoms with Crippen LogP contribution in [0.5, 0.6) is 0 Å². The second-order valence-corrected chi connectivity index (χ2v) is 6.27. The molecule has 0 atom stereocenters. The number of nitrogens with zero attached hydrogens (tertiary/aromatic N) is 1. The van der Waals surface area contributed by atoms with E-state index in [0.717, 1.165) is 12.2 Å². The Kier molecular flexibility index (Phi) is 7.75. The number of nitrogens with one attached hydrogen (secondary N) is 2. The van der Waals surface area contributed by atoms with Crippen molar-refractivity contribution in [2.75, 3.05) is 19.4 Å². The molecule has 0 aliphatic heterocycles. The molecule has 2 rings (SSSR count). The number of hydrogen-bond donors (Lipinski definition) is 2. The van der Waals surface area contributed by atoms with Crippen molar-refractivity contribution in [2.24, 2.45) is 0 Å². The first-order valence-corrected chi connectivity index (χ1v) is 9.33. The summed E-state index contributed by atoms with van der Waals surface area (Å²) in [5.74, 6) is 0.699. The monoisotopic (exact) mass is 365 g/mol. The minimum Gasteiger partial charge on any atom is -0.467 e. The van der Waals surface area contributed by atoms with Gasteiger partial charge in [-0.15, -0.1) is 0 Å². The Hall–Kier alpha value is -2.06. The number of aromatic nitrogens is 2. The van der Waals surface area contributed by atoms with Crippen molar-refractivity contribution in [3.63, 3.8) is 0 Å². The Balaban J connectivity index is 1.63. The van der Waals surface area contributed by atoms with E-state index in [1.54, 1.807) is 13.2 Å². The predicted octanol–water partition coefficient (Wildman–Crippen LogP) is 2.05. The Bertz CT molecular complexity index is 728. The highest BCUT2D eigenvalue weighted by molar-refractivity contribution is 7.98. The van der Waals surface area contributed by atoms with E-state index in [4.69, 9.17) is 9.15 Å². The molecule has 25 heavy (non-hydrogen) atoms. The van der Waals surface area contributed by atoms with Crippen molar-refractivity contribution in [3.8, 4) is 0 Å². The highest BCUT2D eigenvalue weighted by Gasteiger charge is 2.10. The van der Waals surface area contributed by atoms with Crippen molar-refractivity contribution in [1.29, 1.82) is 0 Å². The molecule has 0 aliphatic rings. The third kappa shape index (κ3) is 6.39. The Morgan fingerprint density at radius 2 is 2.32 bits per heavy atom. The lowest BCUT2D eigenvalue weighted by Crippen LogP contribution is -2.27. The van der Waals surface area contributed by atoms with Gasteiger partial charge in [0.05, 0.1) is 6.26 Å². The highest BCUT2D eigenvalue weighted by Crippen LogP contribution is 2.09. The van der Waals surface area contributed by atoms with E-state index >= 15 is 0 Å². The Morgan fingerprint density at radius 1 is 1.48 bits per heavy atom. The van der Waals surface area contributed by atoms with E-state index in [1.165, 1.54) is 11.8 Å². The van der Waals surface area contributed by atoms with Crippen LogP contribution in [-0.4, -0.2) is 35.3 Å². The van der Waals surface area contributed by atoms with Crippen molar-refractivity contribution in [2.45, 2.75) is 37.9 Å². The number of thioether (sulfide) groups is 1. The van der Waals surface area contributed by atoms with E-state index in [0.29, 0.717) is 42.6 Å². The van der Waals surface area contributed by atoms with Crippen LogP contribution in [0, 0.1) is 6.92 Å². The second-order valence-electron chi connectivity index (χ2n) is 5.47. The molecule has 1 amide bonds. The summed E-state index contributed by atoms with van der Waals surface area (Å²) in [5, 5.41) is 3.42. The SMILES string of the molecule is CSc1nc(C)c(CCC(=O)NCCCOCc2ccco2)c(=O)[nH]1. The molecule has 0 aliphatic carbocycles. The van der Waals surface area contributed by atoms with Crippen LogP contribution in [0.1, 0.15) is 29.9 Å². The molecule has 0 spiro atoms. The van der Waals surface area contributed by atoms with Crippen LogP contribution in [-0.2, 0) is 22.6 Å². The molecule has 136 valence electrons. The first kappa shape index (κ1) is 19.3. The fourth-order valence-corrected chi connectivity index (χ4v) is 2.70. The maximum absolute atomic E-state index is 12.0. The summed E-state index contributed by atoms with van der Waals surface area (Å²) in [4.78, 5) is 30.9. The van der Waals surface area contributed by atoms with Gasteiger partial charge in [0, 0.05) is 30.8 Å². The van der Waals surface area contributed by atoms with Gasteiger partial charge in [0.2, 0.25) is 5.91 Å². The zero-order valence-electron chi connectivity index (χ0n) is 14.5. The van der Waals surface area contributed by atoms with Crippen LogP contribution in [0.2, 0.25) is 0 Å². The van der Waals surface area contributed by atoms with Crippen molar-refractivity contribution >= 4 is 17.7 Å². The van der Waals surface area contributed by atoms with Gasteiger partial charge < -0.3 is 19.5 Å². The number of ether oxygens (including phenoxy) is 1. The minimum atomic E-state index is -0.170. The average Bonchev–Trinajstić information content (AvgIpc) is 3.10. The van der Waals surface area contributed by atoms with Crippen LogP contribution < -0.4 is 10.9 Å². The van der Waals surface area contributed by atoms with Crippen molar-refractivity contribution < 1.29 is 13.9 Å². The third-order valence-corrected chi connectivity index (χ3v) is 4.19. The summed E-state index contributed by atoms with van der Waals surface area (Å²) in [7, 11) is 0. The van der Waals surface area contributed by atoms with Crippen LogP contribution in [0.3, 0.4) is 0 Å². The molecule has 0 fully saturated rings. The molecule has 2 aromatic rings. The molecular formula is C17H23N3O4S. The summed E-state index contributed by atoms with van der Waals surface area (Å²) >= 11 is 1.38. The number of carbonyl (C=O) groups is 1. The molecule has 0 aromatic carbocycles. The van der Waals surface area contributed by atoms with Gasteiger partial charge in [-0.25, -0.2) is 4.98 Å². The molecule has 0 unspecified atom stereocenters. The summed E-state index contributed by atoms with van der Waals surface area (Å²) in [6.07, 6.45) is 4.82. The maximum Gasteiger partial charge on any atom is 0.254 e. The Morgan fingerprint density at radius 3 is 3.00 bits per heavy atom. The summed E-state index contributed by atoms with van der Waals surface area (Å²) < 4.78 is 10.6. The van der Waals surface area contributed by atoms with Gasteiger partial charge in [0.15, 0.2) is 5.16 Å². The molecule has 2 N–H and O–H groups in total. The van der Waals surface area contributed by atoms with E-state index < -0.39 is 0 Å². The van der Waals surface area contributed by atoms with Crippen LogP contribution in [0.15, 0.2) is 32.8 Å². The molecule has 2 aromatic heterocycles. The summed E-state index contributed by atoms with van der Waals surface area (Å²) in [6, 6.07) is 3.67. The van der Waals surface area contributed by atoms with Gasteiger partial charge in [-0.3, -0.25) is 9.59 Å². The zero-order valence-corrected chi connectivity index (χ0v) is 15.3. The van der Waals surface area contributed by atoms with Gasteiger partial charge in [-0.2, -0.15) is 0 Å². The smallest absolute Gasteiger partial charge is 0.254 e. The number of amides is 1. The largest absolute Gasteiger partial charge is 0.467 e. The number of furan rings is 1. The van der Waals surface area contributed by atoms with Crippen molar-refractivity contribution in [3.05, 3.63) is 45.8 Å². The lowest BCUT2D eigenvalue weighted by molar-refractivity contribution is -0.121. The summed E-state index contributed by atoms with van der Waals surface area (Å²) in [5.41, 5.74) is 1.07. The van der Waals surface area contributed by atoms with Crippen molar-refractivity contribution in [1.82, 2.24) is 15.3 Å². The quantitative estimate of drug-likeness (QED) is 0.380.